The molecule has 7 heteroatoms. The highest BCUT2D eigenvalue weighted by molar-refractivity contribution is 6.00. The lowest BCUT2D eigenvalue weighted by Crippen LogP contribution is -2.32. The number of carbonyl (C=O) groups excluding carboxylic acids is 1. The number of benzene rings is 2. The highest BCUT2D eigenvalue weighted by atomic mass is 16.5. The number of aryl methyl sites for hydroxylation is 2. The maximum Gasteiger partial charge on any atom is 0.273 e. The predicted molar refractivity (Wildman–Crippen MR) is 122 cm³/mol. The summed E-state index contributed by atoms with van der Waals surface area (Å²) >= 11 is 0. The monoisotopic (exact) mass is 433 g/mol. The number of aromatic hydroxyl groups is 1. The van der Waals surface area contributed by atoms with E-state index in [2.05, 4.69) is 16.8 Å². The molecule has 1 aliphatic rings. The average molecular weight is 434 g/mol. The second kappa shape index (κ2) is 8.88. The number of H-pyrrole nitrogens is 1. The smallest absolute Gasteiger partial charge is 0.273 e. The number of hydrogen-bond donors (Lipinski definition) is 2. The molecule has 2 heterocycles. The van der Waals surface area contributed by atoms with E-state index in [4.69, 9.17) is 9.47 Å². The number of carbonyl (C=O) groups is 1. The Labute approximate surface area is 187 Å². The zero-order chi connectivity index (χ0) is 22.8. The van der Waals surface area contributed by atoms with Crippen LogP contribution >= 0.6 is 0 Å². The van der Waals surface area contributed by atoms with Crippen molar-refractivity contribution in [2.45, 2.75) is 19.9 Å². The molecule has 2 N–H and O–H groups in total. The van der Waals surface area contributed by atoms with Crippen LogP contribution in [-0.2, 0) is 4.74 Å². The Hall–Kier alpha value is -3.58. The van der Waals surface area contributed by atoms with Crippen LogP contribution in [0.1, 0.15) is 38.8 Å². The van der Waals surface area contributed by atoms with Gasteiger partial charge in [0.05, 0.1) is 12.6 Å². The molecule has 0 radical (unpaired) electrons. The molecular formula is C25H27N3O4. The second-order valence-electron chi connectivity index (χ2n) is 7.90. The van der Waals surface area contributed by atoms with Crippen molar-refractivity contribution in [3.05, 3.63) is 77.0 Å². The van der Waals surface area contributed by atoms with Crippen molar-refractivity contribution in [3.8, 4) is 22.8 Å². The van der Waals surface area contributed by atoms with Crippen LogP contribution in [0.25, 0.3) is 11.3 Å². The van der Waals surface area contributed by atoms with Crippen molar-refractivity contribution < 1.29 is 19.4 Å². The summed E-state index contributed by atoms with van der Waals surface area (Å²) in [6.07, 6.45) is 1.69. The number of fused-ring (bicyclic) bond motifs is 1. The number of hydrogen-bond acceptors (Lipinski definition) is 5. The van der Waals surface area contributed by atoms with Gasteiger partial charge in [0.1, 0.15) is 29.5 Å². The molecule has 0 fully saturated rings. The Bertz CT molecular complexity index is 1140. The fourth-order valence-electron chi connectivity index (χ4n) is 4.34. The van der Waals surface area contributed by atoms with Crippen molar-refractivity contribution in [3.63, 3.8) is 0 Å². The first-order valence-electron chi connectivity index (χ1n) is 10.5. The quantitative estimate of drug-likeness (QED) is 0.521. The van der Waals surface area contributed by atoms with Gasteiger partial charge in [-0.25, -0.2) is 0 Å². The third-order valence-corrected chi connectivity index (χ3v) is 5.64. The van der Waals surface area contributed by atoms with E-state index in [0.29, 0.717) is 42.5 Å². The highest BCUT2D eigenvalue weighted by Gasteiger charge is 2.42. The maximum atomic E-state index is 13.3. The SMILES string of the molecule is C=CCOc1cccc(C2c3c(-c4c(C)cc(C)cc4O)n[nH]c3C(=O)N2CCOC)c1. The Morgan fingerprint density at radius 1 is 1.28 bits per heavy atom. The van der Waals surface area contributed by atoms with Gasteiger partial charge in [0, 0.05) is 24.8 Å². The minimum absolute atomic E-state index is 0.140. The van der Waals surface area contributed by atoms with Crippen LogP contribution in [0.4, 0.5) is 0 Å². The summed E-state index contributed by atoms with van der Waals surface area (Å²) in [4.78, 5) is 15.1. The molecular weight excluding hydrogens is 406 g/mol. The first-order valence-corrected chi connectivity index (χ1v) is 10.5. The van der Waals surface area contributed by atoms with Crippen LogP contribution in [0, 0.1) is 13.8 Å². The van der Waals surface area contributed by atoms with E-state index in [1.54, 1.807) is 24.2 Å². The van der Waals surface area contributed by atoms with E-state index in [1.165, 1.54) is 0 Å². The summed E-state index contributed by atoms with van der Waals surface area (Å²) in [5.74, 6) is 0.679. The molecule has 0 saturated carbocycles. The van der Waals surface area contributed by atoms with Gasteiger partial charge in [-0.05, 0) is 48.7 Å². The van der Waals surface area contributed by atoms with Gasteiger partial charge in [0.25, 0.3) is 5.91 Å². The molecule has 0 bridgehead atoms. The number of phenolic OH excluding ortho intramolecular Hbond substituents is 1. The lowest BCUT2D eigenvalue weighted by Gasteiger charge is -2.26. The third kappa shape index (κ3) is 3.76. The molecule has 1 unspecified atom stereocenters. The fourth-order valence-corrected chi connectivity index (χ4v) is 4.34. The van der Waals surface area contributed by atoms with E-state index < -0.39 is 6.04 Å². The highest BCUT2D eigenvalue weighted by Crippen LogP contribution is 2.45. The molecule has 1 aliphatic heterocycles. The molecule has 166 valence electrons. The van der Waals surface area contributed by atoms with Crippen molar-refractivity contribution in [1.82, 2.24) is 15.1 Å². The number of nitrogens with one attached hydrogen (secondary N) is 1. The Morgan fingerprint density at radius 3 is 2.81 bits per heavy atom. The zero-order valence-electron chi connectivity index (χ0n) is 18.5. The van der Waals surface area contributed by atoms with Crippen LogP contribution in [0.15, 0.2) is 49.1 Å². The van der Waals surface area contributed by atoms with Crippen LogP contribution in [0.2, 0.25) is 0 Å². The molecule has 7 nitrogen and oxygen atoms in total. The molecule has 1 amide bonds. The summed E-state index contributed by atoms with van der Waals surface area (Å²) in [6, 6.07) is 11.0. The maximum absolute atomic E-state index is 13.3. The number of aromatic nitrogens is 2. The van der Waals surface area contributed by atoms with Gasteiger partial charge < -0.3 is 19.5 Å². The summed E-state index contributed by atoms with van der Waals surface area (Å²) in [7, 11) is 1.61. The van der Waals surface area contributed by atoms with Crippen LogP contribution in [0.3, 0.4) is 0 Å². The van der Waals surface area contributed by atoms with Crippen molar-refractivity contribution >= 4 is 5.91 Å². The van der Waals surface area contributed by atoms with E-state index in [0.717, 1.165) is 22.3 Å². The molecule has 1 atom stereocenters. The number of nitrogens with zero attached hydrogens (tertiary/aromatic N) is 2. The Balaban J connectivity index is 1.88. The molecule has 0 saturated heterocycles. The Morgan fingerprint density at radius 2 is 2.09 bits per heavy atom. The number of methoxy groups -OCH3 is 1. The average Bonchev–Trinajstić information content (AvgIpc) is 3.29. The van der Waals surface area contributed by atoms with Gasteiger partial charge in [-0.1, -0.05) is 30.9 Å². The third-order valence-electron chi connectivity index (χ3n) is 5.64. The molecule has 0 aliphatic carbocycles. The summed E-state index contributed by atoms with van der Waals surface area (Å²) in [5.41, 5.74) is 5.11. The van der Waals surface area contributed by atoms with E-state index in [1.807, 2.05) is 44.2 Å². The van der Waals surface area contributed by atoms with Gasteiger partial charge in [0.2, 0.25) is 0 Å². The van der Waals surface area contributed by atoms with Gasteiger partial charge in [-0.2, -0.15) is 5.10 Å². The van der Waals surface area contributed by atoms with Crippen molar-refractivity contribution in [1.29, 1.82) is 0 Å². The minimum Gasteiger partial charge on any atom is -0.507 e. The van der Waals surface area contributed by atoms with Gasteiger partial charge >= 0.3 is 0 Å². The summed E-state index contributed by atoms with van der Waals surface area (Å²) < 4.78 is 11.0. The standard InChI is InChI=1S/C25H27N3O4/c1-5-10-32-18-8-6-7-17(14-18)24-21-22(20-16(3)12-15(2)13-19(20)29)26-27-23(21)25(30)28(24)9-11-31-4/h5-8,12-14,24,29H,1,9-11H2,2-4H3,(H,26,27). The second-order valence-corrected chi connectivity index (χ2v) is 7.90. The van der Waals surface area contributed by atoms with Crippen LogP contribution in [-0.4, -0.2) is 53.0 Å². The fraction of sp³-hybridized carbons (Fsp3) is 0.280. The predicted octanol–water partition coefficient (Wildman–Crippen LogP) is 4.16. The zero-order valence-corrected chi connectivity index (χ0v) is 18.5. The van der Waals surface area contributed by atoms with Crippen LogP contribution < -0.4 is 4.74 Å². The molecule has 2 aromatic carbocycles. The number of phenols is 1. The van der Waals surface area contributed by atoms with Crippen molar-refractivity contribution in [2.24, 2.45) is 0 Å². The first kappa shape index (κ1) is 21.6. The number of rotatable bonds is 8. The van der Waals surface area contributed by atoms with E-state index >= 15 is 0 Å². The first-order chi connectivity index (χ1) is 15.5. The summed E-state index contributed by atoms with van der Waals surface area (Å²) in [5, 5.41) is 18.1. The molecule has 32 heavy (non-hydrogen) atoms. The minimum atomic E-state index is -0.395. The van der Waals surface area contributed by atoms with E-state index in [-0.39, 0.29) is 11.7 Å². The molecule has 3 aromatic rings. The van der Waals surface area contributed by atoms with Crippen molar-refractivity contribution in [2.75, 3.05) is 26.9 Å². The normalized spacial score (nSPS) is 15.2. The number of ether oxygens (including phenoxy) is 2. The van der Waals surface area contributed by atoms with Gasteiger partial charge in [0.15, 0.2) is 0 Å². The largest absolute Gasteiger partial charge is 0.507 e. The number of amides is 1. The summed E-state index contributed by atoms with van der Waals surface area (Å²) in [6.45, 7) is 8.76. The lowest BCUT2D eigenvalue weighted by molar-refractivity contribution is 0.0677. The van der Waals surface area contributed by atoms with Gasteiger partial charge in [-0.3, -0.25) is 9.89 Å². The Kier molecular flexibility index (Phi) is 6.01. The van der Waals surface area contributed by atoms with Gasteiger partial charge in [-0.15, -0.1) is 0 Å². The molecule has 1 aromatic heterocycles. The van der Waals surface area contributed by atoms with E-state index in [9.17, 15) is 9.90 Å². The topological polar surface area (TPSA) is 87.7 Å². The number of aromatic amines is 1. The van der Waals surface area contributed by atoms with Crippen LogP contribution in [0.5, 0.6) is 11.5 Å². The molecule has 0 spiro atoms. The molecule has 4 rings (SSSR count). The lowest BCUT2D eigenvalue weighted by atomic mass is 9.93.